The number of ether oxygens (including phenoxy) is 1. The second-order valence-corrected chi connectivity index (χ2v) is 7.53. The lowest BCUT2D eigenvalue weighted by Crippen LogP contribution is -2.04. The lowest BCUT2D eigenvalue weighted by molar-refractivity contribution is 0.0982. The summed E-state index contributed by atoms with van der Waals surface area (Å²) in [7, 11) is 1.87. The van der Waals surface area contributed by atoms with E-state index in [-0.39, 0.29) is 18.2 Å². The van der Waals surface area contributed by atoms with E-state index in [0.29, 0.717) is 35.0 Å². The van der Waals surface area contributed by atoms with Gasteiger partial charge in [-0.05, 0) is 42.8 Å². The number of Topliss-reactive ketones (excluding diaryl/α,β-unsaturated/α-hetero) is 1. The lowest BCUT2D eigenvalue weighted by Gasteiger charge is -2.07. The van der Waals surface area contributed by atoms with Crippen LogP contribution in [0.2, 0.25) is 5.02 Å². The molecule has 8 heteroatoms. The van der Waals surface area contributed by atoms with E-state index in [2.05, 4.69) is 10.2 Å². The average Bonchev–Trinajstić information content (AvgIpc) is 3.04. The molecule has 0 unspecified atom stereocenters. The molecule has 3 rings (SSSR count). The van der Waals surface area contributed by atoms with Crippen molar-refractivity contribution in [2.75, 3.05) is 5.75 Å². The summed E-state index contributed by atoms with van der Waals surface area (Å²) >= 11 is 7.61. The minimum Gasteiger partial charge on any atom is -0.484 e. The monoisotopic (exact) mass is 419 g/mol. The van der Waals surface area contributed by atoms with Crippen LogP contribution in [0.25, 0.3) is 0 Å². The minimum absolute atomic E-state index is 0.00685. The molecule has 0 N–H and O–H groups in total. The summed E-state index contributed by atoms with van der Waals surface area (Å²) in [5.74, 6) is 1.67. The quantitative estimate of drug-likeness (QED) is 0.279. The maximum atomic E-state index is 12.9. The maximum Gasteiger partial charge on any atom is 0.191 e. The number of benzene rings is 2. The number of carbonyl (C=O) groups is 1. The SMILES string of the molecule is Cn1c(COc2ccccc2Cl)nnc1SCCCC(=O)c1ccc(F)cc1. The smallest absolute Gasteiger partial charge is 0.191 e. The number of aromatic nitrogens is 3. The van der Waals surface area contributed by atoms with Gasteiger partial charge in [-0.3, -0.25) is 4.79 Å². The van der Waals surface area contributed by atoms with Crippen LogP contribution < -0.4 is 4.74 Å². The van der Waals surface area contributed by atoms with Gasteiger partial charge in [0.25, 0.3) is 0 Å². The highest BCUT2D eigenvalue weighted by molar-refractivity contribution is 7.99. The molecule has 1 heterocycles. The number of ketones is 1. The molecule has 1 aromatic heterocycles. The third-order valence-electron chi connectivity index (χ3n) is 4.06. The number of halogens is 2. The normalized spacial score (nSPS) is 10.8. The Labute approximate surface area is 171 Å². The number of nitrogens with zero attached hydrogens (tertiary/aromatic N) is 3. The molecule has 5 nitrogen and oxygen atoms in total. The number of rotatable bonds is 9. The Balaban J connectivity index is 1.46. The fourth-order valence-electron chi connectivity index (χ4n) is 2.48. The standard InChI is InChI=1S/C20H19ClFN3O2S/c1-25-19(13-27-18-7-3-2-5-16(18)21)23-24-20(25)28-12-4-6-17(26)14-8-10-15(22)11-9-14/h2-3,5,7-11H,4,6,12-13H2,1H3. The van der Waals surface area contributed by atoms with E-state index >= 15 is 0 Å². The van der Waals surface area contributed by atoms with E-state index in [1.807, 2.05) is 23.7 Å². The van der Waals surface area contributed by atoms with Gasteiger partial charge in [0, 0.05) is 24.8 Å². The number of hydrogen-bond donors (Lipinski definition) is 0. The van der Waals surface area contributed by atoms with Crippen molar-refractivity contribution in [1.29, 1.82) is 0 Å². The van der Waals surface area contributed by atoms with Crippen LogP contribution in [0, 0.1) is 5.82 Å². The third-order valence-corrected chi connectivity index (χ3v) is 5.48. The van der Waals surface area contributed by atoms with Crippen LogP contribution in [0.4, 0.5) is 4.39 Å². The first-order valence-corrected chi connectivity index (χ1v) is 10.1. The van der Waals surface area contributed by atoms with Crippen molar-refractivity contribution in [3.63, 3.8) is 0 Å². The Morgan fingerprint density at radius 1 is 1.18 bits per heavy atom. The fourth-order valence-corrected chi connectivity index (χ4v) is 3.54. The molecule has 0 fully saturated rings. The van der Waals surface area contributed by atoms with Crippen molar-refractivity contribution in [2.45, 2.75) is 24.6 Å². The topological polar surface area (TPSA) is 57.0 Å². The summed E-state index contributed by atoms with van der Waals surface area (Å²) in [5.41, 5.74) is 0.532. The second-order valence-electron chi connectivity index (χ2n) is 6.06. The molecule has 0 spiro atoms. The largest absolute Gasteiger partial charge is 0.484 e. The zero-order valence-corrected chi connectivity index (χ0v) is 16.8. The van der Waals surface area contributed by atoms with Crippen LogP contribution in [0.1, 0.15) is 29.0 Å². The molecule has 0 aliphatic carbocycles. The molecule has 146 valence electrons. The summed E-state index contributed by atoms with van der Waals surface area (Å²) in [6.45, 7) is 0.261. The Morgan fingerprint density at radius 2 is 1.93 bits per heavy atom. The van der Waals surface area contributed by atoms with Gasteiger partial charge in [0.1, 0.15) is 18.2 Å². The van der Waals surface area contributed by atoms with Crippen LogP contribution in [0.15, 0.2) is 53.7 Å². The van der Waals surface area contributed by atoms with Crippen molar-refractivity contribution in [3.05, 3.63) is 70.8 Å². The number of hydrogen-bond acceptors (Lipinski definition) is 5. The Morgan fingerprint density at radius 3 is 2.68 bits per heavy atom. The Kier molecular flexibility index (Phi) is 7.06. The van der Waals surface area contributed by atoms with Crippen LogP contribution in [-0.2, 0) is 13.7 Å². The van der Waals surface area contributed by atoms with E-state index in [0.717, 1.165) is 10.9 Å². The maximum absolute atomic E-state index is 12.9. The molecule has 3 aromatic rings. The van der Waals surface area contributed by atoms with Gasteiger partial charge in [0.05, 0.1) is 5.02 Å². The minimum atomic E-state index is -0.344. The molecule has 0 aliphatic heterocycles. The molecule has 0 saturated heterocycles. The molecule has 2 aromatic carbocycles. The molecular formula is C20H19ClFN3O2S. The van der Waals surface area contributed by atoms with Crippen molar-refractivity contribution in [3.8, 4) is 5.75 Å². The van der Waals surface area contributed by atoms with Gasteiger partial charge in [-0.2, -0.15) is 0 Å². The number of para-hydroxylation sites is 1. The summed E-state index contributed by atoms with van der Waals surface area (Å²) < 4.78 is 20.5. The van der Waals surface area contributed by atoms with Crippen LogP contribution in [-0.4, -0.2) is 26.3 Å². The third kappa shape index (κ3) is 5.33. The first-order chi connectivity index (χ1) is 13.5. The van der Waals surface area contributed by atoms with Crippen LogP contribution in [0.5, 0.6) is 5.75 Å². The molecule has 0 atom stereocenters. The van der Waals surface area contributed by atoms with Gasteiger partial charge in [-0.25, -0.2) is 4.39 Å². The molecule has 0 aliphatic rings. The van der Waals surface area contributed by atoms with E-state index in [1.165, 1.54) is 36.0 Å². The van der Waals surface area contributed by atoms with Crippen LogP contribution >= 0.6 is 23.4 Å². The Hall–Kier alpha value is -2.38. The molecular weight excluding hydrogens is 401 g/mol. The predicted octanol–water partition coefficient (Wildman–Crippen LogP) is 4.94. The molecule has 0 amide bonds. The number of thioether (sulfide) groups is 1. The number of carbonyl (C=O) groups excluding carboxylic acids is 1. The zero-order valence-electron chi connectivity index (χ0n) is 15.3. The highest BCUT2D eigenvalue weighted by Crippen LogP contribution is 2.24. The summed E-state index contributed by atoms with van der Waals surface area (Å²) in [4.78, 5) is 12.1. The van der Waals surface area contributed by atoms with Crippen LogP contribution in [0.3, 0.4) is 0 Å². The van der Waals surface area contributed by atoms with Crippen molar-refractivity contribution in [2.24, 2.45) is 7.05 Å². The predicted molar refractivity (Wildman–Crippen MR) is 107 cm³/mol. The second kappa shape index (κ2) is 9.71. The van der Waals surface area contributed by atoms with E-state index in [1.54, 1.807) is 12.1 Å². The first-order valence-electron chi connectivity index (χ1n) is 8.72. The highest BCUT2D eigenvalue weighted by atomic mass is 35.5. The van der Waals surface area contributed by atoms with Gasteiger partial charge < -0.3 is 9.30 Å². The molecule has 28 heavy (non-hydrogen) atoms. The Bertz CT molecular complexity index is 947. The molecule has 0 bridgehead atoms. The lowest BCUT2D eigenvalue weighted by atomic mass is 10.1. The van der Waals surface area contributed by atoms with E-state index < -0.39 is 0 Å². The van der Waals surface area contributed by atoms with Gasteiger partial charge in [0.2, 0.25) is 0 Å². The van der Waals surface area contributed by atoms with Gasteiger partial charge in [-0.1, -0.05) is 35.5 Å². The summed E-state index contributed by atoms with van der Waals surface area (Å²) in [5, 5.41) is 9.63. The average molecular weight is 420 g/mol. The van der Waals surface area contributed by atoms with Crippen molar-refractivity contribution >= 4 is 29.1 Å². The van der Waals surface area contributed by atoms with Crippen molar-refractivity contribution in [1.82, 2.24) is 14.8 Å². The zero-order chi connectivity index (χ0) is 19.9. The first kappa shape index (κ1) is 20.4. The summed E-state index contributed by atoms with van der Waals surface area (Å²) in [6.07, 6.45) is 1.10. The van der Waals surface area contributed by atoms with Crippen molar-refractivity contribution < 1.29 is 13.9 Å². The van der Waals surface area contributed by atoms with E-state index in [9.17, 15) is 9.18 Å². The van der Waals surface area contributed by atoms with Gasteiger partial charge in [-0.15, -0.1) is 10.2 Å². The highest BCUT2D eigenvalue weighted by Gasteiger charge is 2.11. The summed E-state index contributed by atoms with van der Waals surface area (Å²) in [6, 6.07) is 12.9. The van der Waals surface area contributed by atoms with E-state index in [4.69, 9.17) is 16.3 Å². The fraction of sp³-hybridized carbons (Fsp3) is 0.250. The van der Waals surface area contributed by atoms with Gasteiger partial charge in [0.15, 0.2) is 16.8 Å². The van der Waals surface area contributed by atoms with Gasteiger partial charge >= 0.3 is 0 Å². The molecule has 0 radical (unpaired) electrons. The molecule has 0 saturated carbocycles.